The molecule has 124 valence electrons. The average Bonchev–Trinajstić information content (AvgIpc) is 2.98. The van der Waals surface area contributed by atoms with Crippen LogP contribution in [0.25, 0.3) is 0 Å². The molecule has 0 spiro atoms. The van der Waals surface area contributed by atoms with Gasteiger partial charge in [-0.1, -0.05) is 0 Å². The van der Waals surface area contributed by atoms with Gasteiger partial charge in [-0.15, -0.1) is 0 Å². The summed E-state index contributed by atoms with van der Waals surface area (Å²) in [5, 5.41) is 11.8. The van der Waals surface area contributed by atoms with Gasteiger partial charge in [-0.05, 0) is 49.9 Å². The van der Waals surface area contributed by atoms with Crippen molar-refractivity contribution in [3.8, 4) is 5.75 Å². The van der Waals surface area contributed by atoms with Crippen molar-refractivity contribution < 1.29 is 24.2 Å². The van der Waals surface area contributed by atoms with Crippen LogP contribution in [0.2, 0.25) is 0 Å². The topological polar surface area (TPSA) is 84.9 Å². The van der Waals surface area contributed by atoms with Crippen molar-refractivity contribution >= 4 is 17.6 Å². The molecule has 2 N–H and O–H groups in total. The standard InChI is InChI=1S/C17H21NO5/c19-16(14-7-8-15(14)17(20)21)18-11-3-5-12(6-4-11)23-10-13-2-1-9-22-13/h3-6,13-15H,1-2,7-10H2,(H,18,19)(H,20,21). The number of amides is 1. The minimum atomic E-state index is -0.894. The van der Waals surface area contributed by atoms with Crippen molar-refractivity contribution in [2.75, 3.05) is 18.5 Å². The highest BCUT2D eigenvalue weighted by Crippen LogP contribution is 2.35. The van der Waals surface area contributed by atoms with Crippen molar-refractivity contribution in [1.29, 1.82) is 0 Å². The van der Waals surface area contributed by atoms with Gasteiger partial charge in [-0.25, -0.2) is 0 Å². The molecule has 3 atom stereocenters. The van der Waals surface area contributed by atoms with E-state index < -0.39 is 17.8 Å². The van der Waals surface area contributed by atoms with Gasteiger partial charge in [0.1, 0.15) is 12.4 Å². The van der Waals surface area contributed by atoms with Crippen LogP contribution in [0.5, 0.6) is 5.75 Å². The molecule has 0 bridgehead atoms. The molecule has 1 aliphatic heterocycles. The molecule has 23 heavy (non-hydrogen) atoms. The SMILES string of the molecule is O=C(O)C1CCC1C(=O)Nc1ccc(OCC2CCCO2)cc1. The van der Waals surface area contributed by atoms with Crippen LogP contribution in [0.3, 0.4) is 0 Å². The normalized spacial score (nSPS) is 26.3. The van der Waals surface area contributed by atoms with Crippen LogP contribution in [0.4, 0.5) is 5.69 Å². The summed E-state index contributed by atoms with van der Waals surface area (Å²) in [4.78, 5) is 23.0. The summed E-state index contributed by atoms with van der Waals surface area (Å²) in [6, 6.07) is 7.11. The molecule has 1 heterocycles. The number of anilines is 1. The van der Waals surface area contributed by atoms with E-state index in [2.05, 4.69) is 5.32 Å². The maximum Gasteiger partial charge on any atom is 0.307 e. The summed E-state index contributed by atoms with van der Waals surface area (Å²) < 4.78 is 11.2. The van der Waals surface area contributed by atoms with Gasteiger partial charge in [0.2, 0.25) is 5.91 Å². The van der Waals surface area contributed by atoms with Gasteiger partial charge in [0.15, 0.2) is 0 Å². The third-order valence-electron chi connectivity index (χ3n) is 4.51. The predicted octanol–water partition coefficient (Wildman–Crippen LogP) is 2.29. The molecule has 1 aromatic rings. The van der Waals surface area contributed by atoms with Crippen LogP contribution in [-0.4, -0.2) is 36.3 Å². The highest BCUT2D eigenvalue weighted by Gasteiger charge is 2.41. The number of carboxylic acids is 1. The van der Waals surface area contributed by atoms with E-state index in [1.165, 1.54) is 0 Å². The van der Waals surface area contributed by atoms with Crippen LogP contribution in [0.15, 0.2) is 24.3 Å². The van der Waals surface area contributed by atoms with Crippen LogP contribution >= 0.6 is 0 Å². The van der Waals surface area contributed by atoms with Crippen molar-refractivity contribution in [3.63, 3.8) is 0 Å². The first-order valence-electron chi connectivity index (χ1n) is 8.01. The number of carbonyl (C=O) groups excluding carboxylic acids is 1. The molecule has 3 unspecified atom stereocenters. The lowest BCUT2D eigenvalue weighted by atomic mass is 9.73. The van der Waals surface area contributed by atoms with Crippen molar-refractivity contribution in [1.82, 2.24) is 0 Å². The van der Waals surface area contributed by atoms with E-state index in [1.54, 1.807) is 24.3 Å². The Bertz CT molecular complexity index is 565. The third-order valence-corrected chi connectivity index (χ3v) is 4.51. The van der Waals surface area contributed by atoms with Crippen molar-refractivity contribution in [2.45, 2.75) is 31.8 Å². The molecule has 0 radical (unpaired) electrons. The average molecular weight is 319 g/mol. The van der Waals surface area contributed by atoms with E-state index in [0.29, 0.717) is 25.1 Å². The highest BCUT2D eigenvalue weighted by molar-refractivity contribution is 5.96. The molecule has 6 nitrogen and oxygen atoms in total. The zero-order valence-corrected chi connectivity index (χ0v) is 12.9. The molecule has 0 aromatic heterocycles. The Morgan fingerprint density at radius 1 is 1.17 bits per heavy atom. The Morgan fingerprint density at radius 2 is 1.91 bits per heavy atom. The van der Waals surface area contributed by atoms with E-state index >= 15 is 0 Å². The van der Waals surface area contributed by atoms with Crippen LogP contribution in [0.1, 0.15) is 25.7 Å². The number of carboxylic acid groups (broad SMARTS) is 1. The molecular formula is C17H21NO5. The minimum absolute atomic E-state index is 0.168. The van der Waals surface area contributed by atoms with E-state index in [4.69, 9.17) is 14.6 Å². The first kappa shape index (κ1) is 15.8. The third kappa shape index (κ3) is 3.82. The number of carbonyl (C=O) groups is 2. The van der Waals surface area contributed by atoms with Crippen LogP contribution in [-0.2, 0) is 14.3 Å². The molecule has 2 fully saturated rings. The van der Waals surface area contributed by atoms with Crippen molar-refractivity contribution in [2.24, 2.45) is 11.8 Å². The Hall–Kier alpha value is -2.08. The van der Waals surface area contributed by atoms with Gasteiger partial charge < -0.3 is 19.9 Å². The summed E-state index contributed by atoms with van der Waals surface area (Å²) in [6.45, 7) is 1.34. The quantitative estimate of drug-likeness (QED) is 0.840. The fourth-order valence-electron chi connectivity index (χ4n) is 2.94. The zero-order valence-electron chi connectivity index (χ0n) is 12.9. The lowest BCUT2D eigenvalue weighted by Gasteiger charge is -2.31. The lowest BCUT2D eigenvalue weighted by molar-refractivity contribution is -0.151. The molecule has 1 aliphatic carbocycles. The first-order valence-corrected chi connectivity index (χ1v) is 8.01. The van der Waals surface area contributed by atoms with E-state index in [-0.39, 0.29) is 12.0 Å². The number of rotatable bonds is 6. The summed E-state index contributed by atoms with van der Waals surface area (Å²) in [5.41, 5.74) is 0.649. The summed E-state index contributed by atoms with van der Waals surface area (Å²) in [6.07, 6.45) is 3.48. The first-order chi connectivity index (χ1) is 11.1. The monoisotopic (exact) mass is 319 g/mol. The predicted molar refractivity (Wildman–Crippen MR) is 83.4 cm³/mol. The molecule has 1 amide bonds. The highest BCUT2D eigenvalue weighted by atomic mass is 16.5. The Morgan fingerprint density at radius 3 is 2.48 bits per heavy atom. The minimum Gasteiger partial charge on any atom is -0.491 e. The van der Waals surface area contributed by atoms with Gasteiger partial charge in [-0.2, -0.15) is 0 Å². The largest absolute Gasteiger partial charge is 0.491 e. The number of hydrogen-bond acceptors (Lipinski definition) is 4. The molecule has 1 saturated heterocycles. The summed E-state index contributed by atoms with van der Waals surface area (Å²) >= 11 is 0. The second-order valence-electron chi connectivity index (χ2n) is 6.09. The van der Waals surface area contributed by atoms with Gasteiger partial charge in [0.25, 0.3) is 0 Å². The number of hydrogen-bond donors (Lipinski definition) is 2. The summed E-state index contributed by atoms with van der Waals surface area (Å²) in [7, 11) is 0. The fraction of sp³-hybridized carbons (Fsp3) is 0.529. The molecule has 6 heteroatoms. The number of nitrogens with one attached hydrogen (secondary N) is 1. The summed E-state index contributed by atoms with van der Waals surface area (Å²) in [5.74, 6) is -1.37. The second-order valence-corrected chi connectivity index (χ2v) is 6.09. The molecule has 2 aliphatic rings. The lowest BCUT2D eigenvalue weighted by Crippen LogP contribution is -2.41. The van der Waals surface area contributed by atoms with Gasteiger partial charge in [0, 0.05) is 12.3 Å². The number of aliphatic carboxylic acids is 1. The van der Waals surface area contributed by atoms with E-state index in [1.807, 2.05) is 0 Å². The Kier molecular flexibility index (Phi) is 4.81. The molecule has 1 aromatic carbocycles. The van der Waals surface area contributed by atoms with E-state index in [9.17, 15) is 9.59 Å². The number of benzene rings is 1. The van der Waals surface area contributed by atoms with Gasteiger partial charge in [0.05, 0.1) is 17.9 Å². The Labute approximate surface area is 134 Å². The van der Waals surface area contributed by atoms with Gasteiger partial charge >= 0.3 is 5.97 Å². The van der Waals surface area contributed by atoms with Crippen LogP contribution in [0, 0.1) is 11.8 Å². The van der Waals surface area contributed by atoms with E-state index in [0.717, 1.165) is 25.2 Å². The second kappa shape index (κ2) is 7.00. The molecule has 3 rings (SSSR count). The van der Waals surface area contributed by atoms with Crippen molar-refractivity contribution in [3.05, 3.63) is 24.3 Å². The smallest absolute Gasteiger partial charge is 0.307 e. The van der Waals surface area contributed by atoms with Crippen LogP contribution < -0.4 is 10.1 Å². The number of ether oxygens (including phenoxy) is 2. The fourth-order valence-corrected chi connectivity index (χ4v) is 2.94. The maximum absolute atomic E-state index is 12.1. The molecule has 1 saturated carbocycles. The zero-order chi connectivity index (χ0) is 16.2. The molecular weight excluding hydrogens is 298 g/mol. The maximum atomic E-state index is 12.1. The van der Waals surface area contributed by atoms with Gasteiger partial charge in [-0.3, -0.25) is 9.59 Å². The Balaban J connectivity index is 1.49.